The van der Waals surface area contributed by atoms with Crippen molar-refractivity contribution < 1.29 is 8.42 Å². The van der Waals surface area contributed by atoms with E-state index in [0.29, 0.717) is 13.1 Å². The molecule has 0 bridgehead atoms. The molecular weight excluding hydrogens is 296 g/mol. The van der Waals surface area contributed by atoms with E-state index in [-0.39, 0.29) is 11.2 Å². The quantitative estimate of drug-likeness (QED) is 0.924. The largest absolute Gasteiger partial charge is 0.358 e. The molecule has 0 saturated heterocycles. The van der Waals surface area contributed by atoms with Crippen molar-refractivity contribution in [3.63, 3.8) is 0 Å². The molecule has 0 atom stereocenters. The van der Waals surface area contributed by atoms with Crippen molar-refractivity contribution in [3.05, 3.63) is 35.0 Å². The summed E-state index contributed by atoms with van der Waals surface area (Å²) in [7, 11) is -3.13. The van der Waals surface area contributed by atoms with Gasteiger partial charge in [0.05, 0.1) is 5.75 Å². The zero-order valence-electron chi connectivity index (χ0n) is 13.7. The minimum Gasteiger partial charge on any atom is -0.358 e. The Morgan fingerprint density at radius 1 is 1.27 bits per heavy atom. The first-order chi connectivity index (χ1) is 10.2. The van der Waals surface area contributed by atoms with Crippen molar-refractivity contribution in [2.45, 2.75) is 46.1 Å². The van der Waals surface area contributed by atoms with Crippen molar-refractivity contribution in [2.75, 3.05) is 12.3 Å². The second-order valence-electron chi connectivity index (χ2n) is 7.08. The van der Waals surface area contributed by atoms with Crippen molar-refractivity contribution in [1.82, 2.24) is 9.29 Å². The van der Waals surface area contributed by atoms with Crippen LogP contribution in [0.3, 0.4) is 0 Å². The average Bonchev–Trinajstić information content (AvgIpc) is 2.83. The maximum atomic E-state index is 12.2. The Kier molecular flexibility index (Phi) is 3.61. The van der Waals surface area contributed by atoms with Gasteiger partial charge in [-0.3, -0.25) is 0 Å². The van der Waals surface area contributed by atoms with Gasteiger partial charge in [-0.2, -0.15) is 4.31 Å². The van der Waals surface area contributed by atoms with Gasteiger partial charge in [-0.15, -0.1) is 0 Å². The van der Waals surface area contributed by atoms with Crippen LogP contribution in [0.4, 0.5) is 0 Å². The number of nitrogens with zero attached hydrogens (tertiary/aromatic N) is 1. The summed E-state index contributed by atoms with van der Waals surface area (Å²) in [4.78, 5) is 3.46. The van der Waals surface area contributed by atoms with Crippen LogP contribution in [0.2, 0.25) is 0 Å². The predicted octanol–water partition coefficient (Wildman–Crippen LogP) is 3.17. The molecule has 0 spiro atoms. The fourth-order valence-corrected chi connectivity index (χ4v) is 4.14. The number of rotatable bonds is 2. The molecule has 0 radical (unpaired) electrons. The summed E-state index contributed by atoms with van der Waals surface area (Å²) in [6, 6.07) is 6.49. The molecule has 120 valence electrons. The van der Waals surface area contributed by atoms with E-state index in [4.69, 9.17) is 0 Å². The number of fused-ring (bicyclic) bond motifs is 3. The number of benzene rings is 1. The minimum atomic E-state index is -3.13. The maximum absolute atomic E-state index is 12.2. The number of aromatic amines is 1. The Morgan fingerprint density at radius 2 is 2.00 bits per heavy atom. The topological polar surface area (TPSA) is 53.2 Å². The lowest BCUT2D eigenvalue weighted by Crippen LogP contribution is -2.36. The molecule has 1 aromatic carbocycles. The van der Waals surface area contributed by atoms with Gasteiger partial charge >= 0.3 is 0 Å². The van der Waals surface area contributed by atoms with Gasteiger partial charge in [0.25, 0.3) is 0 Å². The van der Waals surface area contributed by atoms with Crippen LogP contribution in [0, 0.1) is 0 Å². The number of nitrogens with one attached hydrogen (secondary N) is 1. The Bertz CT molecular complexity index is 813. The van der Waals surface area contributed by atoms with Crippen LogP contribution in [-0.4, -0.2) is 30.0 Å². The van der Waals surface area contributed by atoms with Gasteiger partial charge in [0, 0.05) is 36.1 Å². The molecule has 0 unspecified atom stereocenters. The van der Waals surface area contributed by atoms with Crippen LogP contribution in [0.5, 0.6) is 0 Å². The number of H-pyrrole nitrogens is 1. The van der Waals surface area contributed by atoms with Gasteiger partial charge in [-0.05, 0) is 35.6 Å². The van der Waals surface area contributed by atoms with Gasteiger partial charge in [-0.25, -0.2) is 8.42 Å². The lowest BCUT2D eigenvalue weighted by Gasteiger charge is -2.26. The van der Waals surface area contributed by atoms with E-state index >= 15 is 0 Å². The normalized spacial score (nSPS) is 16.9. The molecule has 3 rings (SSSR count). The minimum absolute atomic E-state index is 0.0855. The van der Waals surface area contributed by atoms with E-state index in [1.54, 1.807) is 11.2 Å². The summed E-state index contributed by atoms with van der Waals surface area (Å²) < 4.78 is 25.9. The molecule has 2 aromatic rings. The first-order valence-electron chi connectivity index (χ1n) is 7.84. The highest BCUT2D eigenvalue weighted by atomic mass is 32.2. The molecule has 0 fully saturated rings. The molecule has 5 heteroatoms. The second kappa shape index (κ2) is 5.10. The summed E-state index contributed by atoms with van der Waals surface area (Å²) >= 11 is 0. The fourth-order valence-electron chi connectivity index (χ4n) is 3.08. The molecule has 2 heterocycles. The summed E-state index contributed by atoms with van der Waals surface area (Å²) in [5.74, 6) is 0.165. The number of hydrogen-bond acceptors (Lipinski definition) is 2. The lowest BCUT2D eigenvalue weighted by atomic mass is 9.86. The maximum Gasteiger partial charge on any atom is 0.214 e. The highest BCUT2D eigenvalue weighted by Gasteiger charge is 2.28. The van der Waals surface area contributed by atoms with Crippen molar-refractivity contribution in [1.29, 1.82) is 0 Å². The third kappa shape index (κ3) is 2.57. The lowest BCUT2D eigenvalue weighted by molar-refractivity contribution is 0.392. The SMILES string of the molecule is CCS(=O)(=O)N1CCc2[nH]c3ccc(C(C)(C)C)cc3c2C1. The molecule has 1 aliphatic heterocycles. The summed E-state index contributed by atoms with van der Waals surface area (Å²) in [6.07, 6.45) is 0.758. The summed E-state index contributed by atoms with van der Waals surface area (Å²) in [5, 5.41) is 1.17. The molecule has 22 heavy (non-hydrogen) atoms. The van der Waals surface area contributed by atoms with Crippen LogP contribution in [-0.2, 0) is 28.4 Å². The van der Waals surface area contributed by atoms with Gasteiger partial charge in [0.2, 0.25) is 10.0 Å². The van der Waals surface area contributed by atoms with Crippen LogP contribution in [0.15, 0.2) is 18.2 Å². The Morgan fingerprint density at radius 3 is 2.64 bits per heavy atom. The Balaban J connectivity index is 2.09. The van der Waals surface area contributed by atoms with Gasteiger partial charge in [0.15, 0.2) is 0 Å². The van der Waals surface area contributed by atoms with Crippen molar-refractivity contribution in [2.24, 2.45) is 0 Å². The first kappa shape index (κ1) is 15.6. The number of sulfonamides is 1. The molecule has 0 amide bonds. The highest BCUT2D eigenvalue weighted by molar-refractivity contribution is 7.89. The van der Waals surface area contributed by atoms with Gasteiger partial charge in [0.1, 0.15) is 0 Å². The second-order valence-corrected chi connectivity index (χ2v) is 9.33. The summed E-state index contributed by atoms with van der Waals surface area (Å²) in [5.41, 5.74) is 4.79. The molecule has 0 aliphatic carbocycles. The fraction of sp³-hybridized carbons (Fsp3) is 0.529. The third-order valence-electron chi connectivity index (χ3n) is 4.56. The van der Waals surface area contributed by atoms with E-state index in [9.17, 15) is 8.42 Å². The molecule has 1 aliphatic rings. The van der Waals surface area contributed by atoms with Crippen molar-refractivity contribution in [3.8, 4) is 0 Å². The monoisotopic (exact) mass is 320 g/mol. The predicted molar refractivity (Wildman–Crippen MR) is 90.6 cm³/mol. The Hall–Kier alpha value is -1.33. The zero-order valence-corrected chi connectivity index (χ0v) is 14.5. The first-order valence-corrected chi connectivity index (χ1v) is 9.45. The smallest absolute Gasteiger partial charge is 0.214 e. The Labute approximate surface area is 132 Å². The molecule has 1 N–H and O–H groups in total. The molecule has 4 nitrogen and oxygen atoms in total. The van der Waals surface area contributed by atoms with E-state index in [0.717, 1.165) is 17.5 Å². The van der Waals surface area contributed by atoms with Crippen molar-refractivity contribution >= 4 is 20.9 Å². The zero-order chi connectivity index (χ0) is 16.1. The van der Waals surface area contributed by atoms with Crippen LogP contribution in [0.1, 0.15) is 44.5 Å². The number of aromatic nitrogens is 1. The van der Waals surface area contributed by atoms with E-state index in [1.165, 1.54) is 16.6 Å². The summed E-state index contributed by atoms with van der Waals surface area (Å²) in [6.45, 7) is 9.35. The van der Waals surface area contributed by atoms with Crippen LogP contribution in [0.25, 0.3) is 10.9 Å². The highest BCUT2D eigenvalue weighted by Crippen LogP contribution is 2.32. The van der Waals surface area contributed by atoms with E-state index in [1.807, 2.05) is 0 Å². The van der Waals surface area contributed by atoms with Gasteiger partial charge in [-0.1, -0.05) is 26.8 Å². The average molecular weight is 320 g/mol. The number of hydrogen-bond donors (Lipinski definition) is 1. The van der Waals surface area contributed by atoms with Crippen LogP contribution < -0.4 is 0 Å². The molecule has 1 aromatic heterocycles. The van der Waals surface area contributed by atoms with Gasteiger partial charge < -0.3 is 4.98 Å². The van der Waals surface area contributed by atoms with E-state index in [2.05, 4.69) is 44.0 Å². The van der Waals surface area contributed by atoms with E-state index < -0.39 is 10.0 Å². The van der Waals surface area contributed by atoms with Crippen LogP contribution >= 0.6 is 0 Å². The molecule has 0 saturated carbocycles. The third-order valence-corrected chi connectivity index (χ3v) is 6.39. The molecular formula is C17H24N2O2S. The standard InChI is InChI=1S/C17H24N2O2S/c1-5-22(20,21)19-9-8-16-14(11-19)13-10-12(17(2,3)4)6-7-15(13)18-16/h6-7,10,18H,5,8-9,11H2,1-4H3.